The SMILES string of the molecule is CCOC(=O)c1cc(NC(=O)[C@H](C)N(c2ccc(OCC)cc2)S(C)(=O)=O)ccc1Cl. The highest BCUT2D eigenvalue weighted by atomic mass is 35.5. The van der Waals surface area contributed by atoms with Gasteiger partial charge in [0.2, 0.25) is 15.9 Å². The fourth-order valence-electron chi connectivity index (χ4n) is 2.88. The maximum absolute atomic E-state index is 12.8. The van der Waals surface area contributed by atoms with E-state index in [1.165, 1.54) is 25.1 Å². The van der Waals surface area contributed by atoms with Gasteiger partial charge in [-0.2, -0.15) is 0 Å². The summed E-state index contributed by atoms with van der Waals surface area (Å²) in [4.78, 5) is 24.9. The zero-order valence-corrected chi connectivity index (χ0v) is 19.3. The van der Waals surface area contributed by atoms with E-state index in [4.69, 9.17) is 21.1 Å². The van der Waals surface area contributed by atoms with Crippen LogP contribution in [0.3, 0.4) is 0 Å². The summed E-state index contributed by atoms with van der Waals surface area (Å²) in [6, 6.07) is 9.67. The van der Waals surface area contributed by atoms with Gasteiger partial charge in [0.05, 0.1) is 35.7 Å². The van der Waals surface area contributed by atoms with Crippen molar-refractivity contribution in [2.24, 2.45) is 0 Å². The number of hydrogen-bond acceptors (Lipinski definition) is 6. The van der Waals surface area contributed by atoms with Crippen LogP contribution in [0.4, 0.5) is 11.4 Å². The van der Waals surface area contributed by atoms with Crippen molar-refractivity contribution in [1.29, 1.82) is 0 Å². The molecule has 0 heterocycles. The number of amides is 1. The number of halogens is 1. The summed E-state index contributed by atoms with van der Waals surface area (Å²) in [6.07, 6.45) is 1.02. The molecule has 1 atom stereocenters. The van der Waals surface area contributed by atoms with Gasteiger partial charge in [-0.05, 0) is 63.2 Å². The van der Waals surface area contributed by atoms with Crippen molar-refractivity contribution in [3.05, 3.63) is 53.1 Å². The third-order valence-corrected chi connectivity index (χ3v) is 5.79. The van der Waals surface area contributed by atoms with Gasteiger partial charge in [-0.3, -0.25) is 9.10 Å². The van der Waals surface area contributed by atoms with E-state index in [1.54, 1.807) is 31.2 Å². The highest BCUT2D eigenvalue weighted by Crippen LogP contribution is 2.26. The smallest absolute Gasteiger partial charge is 0.339 e. The first-order chi connectivity index (χ1) is 14.6. The first-order valence-corrected chi connectivity index (χ1v) is 11.8. The molecule has 2 aromatic carbocycles. The van der Waals surface area contributed by atoms with E-state index >= 15 is 0 Å². The van der Waals surface area contributed by atoms with Crippen molar-refractivity contribution < 1.29 is 27.5 Å². The molecule has 0 spiro atoms. The molecule has 31 heavy (non-hydrogen) atoms. The van der Waals surface area contributed by atoms with Gasteiger partial charge < -0.3 is 14.8 Å². The van der Waals surface area contributed by atoms with Gasteiger partial charge in [-0.15, -0.1) is 0 Å². The van der Waals surface area contributed by atoms with Crippen molar-refractivity contribution in [3.63, 3.8) is 0 Å². The predicted octanol–water partition coefficient (Wildman–Crippen LogP) is 3.71. The predicted molar refractivity (Wildman–Crippen MR) is 120 cm³/mol. The number of sulfonamides is 1. The summed E-state index contributed by atoms with van der Waals surface area (Å²) in [5.74, 6) is -0.621. The van der Waals surface area contributed by atoms with E-state index in [9.17, 15) is 18.0 Å². The molecule has 8 nitrogen and oxygen atoms in total. The van der Waals surface area contributed by atoms with Crippen LogP contribution >= 0.6 is 11.6 Å². The van der Waals surface area contributed by atoms with Crippen LogP contribution in [-0.2, 0) is 19.6 Å². The number of carbonyl (C=O) groups excluding carboxylic acids is 2. The molecule has 1 N–H and O–H groups in total. The zero-order valence-electron chi connectivity index (χ0n) is 17.7. The van der Waals surface area contributed by atoms with Gasteiger partial charge in [-0.25, -0.2) is 13.2 Å². The van der Waals surface area contributed by atoms with Crippen LogP contribution in [0.1, 0.15) is 31.1 Å². The zero-order chi connectivity index (χ0) is 23.2. The Balaban J connectivity index is 2.28. The molecule has 0 radical (unpaired) electrons. The normalized spacial score (nSPS) is 12.0. The molecule has 2 rings (SSSR count). The molecule has 10 heteroatoms. The number of esters is 1. The highest BCUT2D eigenvalue weighted by molar-refractivity contribution is 7.92. The first kappa shape index (κ1) is 24.5. The molecular weight excluding hydrogens is 444 g/mol. The number of nitrogens with one attached hydrogen (secondary N) is 1. The van der Waals surface area contributed by atoms with Crippen LogP contribution in [0, 0.1) is 0 Å². The topological polar surface area (TPSA) is 102 Å². The summed E-state index contributed by atoms with van der Waals surface area (Å²) >= 11 is 6.04. The number of rotatable bonds is 9. The van der Waals surface area contributed by atoms with Gasteiger partial charge in [0.25, 0.3) is 0 Å². The highest BCUT2D eigenvalue weighted by Gasteiger charge is 2.29. The molecule has 0 fully saturated rings. The van der Waals surface area contributed by atoms with Crippen molar-refractivity contribution in [2.75, 3.05) is 29.1 Å². The Labute approximate surface area is 187 Å². The lowest BCUT2D eigenvalue weighted by atomic mass is 10.2. The van der Waals surface area contributed by atoms with Gasteiger partial charge in [0, 0.05) is 5.69 Å². The maximum atomic E-state index is 12.8. The molecular formula is C21H25ClN2O6S. The Bertz CT molecular complexity index is 1040. The minimum Gasteiger partial charge on any atom is -0.494 e. The number of anilines is 2. The number of nitrogens with zero attached hydrogens (tertiary/aromatic N) is 1. The van der Waals surface area contributed by atoms with Gasteiger partial charge in [-0.1, -0.05) is 11.6 Å². The van der Waals surface area contributed by atoms with E-state index < -0.39 is 27.9 Å². The lowest BCUT2D eigenvalue weighted by Gasteiger charge is -2.28. The molecule has 2 aromatic rings. The van der Waals surface area contributed by atoms with E-state index in [0.717, 1.165) is 10.6 Å². The Kier molecular flexibility index (Phi) is 8.29. The quantitative estimate of drug-likeness (QED) is 0.563. The summed E-state index contributed by atoms with van der Waals surface area (Å²) in [5.41, 5.74) is 0.696. The number of carbonyl (C=O) groups is 2. The molecule has 0 aliphatic heterocycles. The Morgan fingerprint density at radius 1 is 1.10 bits per heavy atom. The Morgan fingerprint density at radius 2 is 1.74 bits per heavy atom. The molecule has 0 aliphatic rings. The average Bonchev–Trinajstić information content (AvgIpc) is 2.70. The van der Waals surface area contributed by atoms with Crippen LogP contribution in [-0.4, -0.2) is 45.8 Å². The summed E-state index contributed by atoms with van der Waals surface area (Å²) in [5, 5.41) is 2.80. The van der Waals surface area contributed by atoms with Crippen LogP contribution in [0.5, 0.6) is 5.75 Å². The molecule has 0 aromatic heterocycles. The number of benzene rings is 2. The lowest BCUT2D eigenvalue weighted by molar-refractivity contribution is -0.116. The first-order valence-electron chi connectivity index (χ1n) is 9.58. The van der Waals surface area contributed by atoms with Crippen molar-refractivity contribution in [3.8, 4) is 5.75 Å². The van der Waals surface area contributed by atoms with E-state index in [1.807, 2.05) is 6.92 Å². The van der Waals surface area contributed by atoms with Gasteiger partial charge in [0.15, 0.2) is 0 Å². The molecule has 0 bridgehead atoms. The molecule has 0 aliphatic carbocycles. The maximum Gasteiger partial charge on any atom is 0.339 e. The summed E-state index contributed by atoms with van der Waals surface area (Å²) in [6.45, 7) is 5.62. The van der Waals surface area contributed by atoms with Crippen LogP contribution in [0.15, 0.2) is 42.5 Å². The van der Waals surface area contributed by atoms with Crippen LogP contribution < -0.4 is 14.4 Å². The van der Waals surface area contributed by atoms with Gasteiger partial charge in [0.1, 0.15) is 11.8 Å². The second-order valence-corrected chi connectivity index (χ2v) is 8.83. The largest absolute Gasteiger partial charge is 0.494 e. The third kappa shape index (κ3) is 6.35. The third-order valence-electron chi connectivity index (χ3n) is 4.22. The number of ether oxygens (including phenoxy) is 2. The van der Waals surface area contributed by atoms with Gasteiger partial charge >= 0.3 is 5.97 Å². The second kappa shape index (κ2) is 10.5. The minimum atomic E-state index is -3.78. The molecule has 0 saturated carbocycles. The van der Waals surface area contributed by atoms with Crippen molar-refractivity contribution >= 4 is 44.9 Å². The average molecular weight is 469 g/mol. The Hall–Kier alpha value is -2.78. The number of hydrogen-bond donors (Lipinski definition) is 1. The minimum absolute atomic E-state index is 0.0976. The fraction of sp³-hybridized carbons (Fsp3) is 0.333. The summed E-state index contributed by atoms with van der Waals surface area (Å²) < 4.78 is 36.2. The summed E-state index contributed by atoms with van der Waals surface area (Å²) in [7, 11) is -3.78. The van der Waals surface area contributed by atoms with Crippen LogP contribution in [0.25, 0.3) is 0 Å². The van der Waals surface area contributed by atoms with E-state index in [2.05, 4.69) is 5.32 Å². The van der Waals surface area contributed by atoms with Crippen LogP contribution in [0.2, 0.25) is 5.02 Å². The Morgan fingerprint density at radius 3 is 2.29 bits per heavy atom. The molecule has 168 valence electrons. The van der Waals surface area contributed by atoms with E-state index in [-0.39, 0.29) is 22.9 Å². The lowest BCUT2D eigenvalue weighted by Crippen LogP contribution is -2.45. The van der Waals surface area contributed by atoms with Crippen molar-refractivity contribution in [1.82, 2.24) is 0 Å². The monoisotopic (exact) mass is 468 g/mol. The van der Waals surface area contributed by atoms with E-state index in [0.29, 0.717) is 18.0 Å². The molecule has 0 unspecified atom stereocenters. The molecule has 0 saturated heterocycles. The standard InChI is InChI=1S/C21H25ClN2O6S/c1-5-29-17-10-8-16(9-11-17)24(31(4,27)28)14(3)20(25)23-15-7-12-19(22)18(13-15)21(26)30-6-2/h7-14H,5-6H2,1-4H3,(H,23,25)/t14-/m0/s1. The second-order valence-electron chi connectivity index (χ2n) is 6.57. The fourth-order valence-corrected chi connectivity index (χ4v) is 4.25. The molecule has 1 amide bonds. The van der Waals surface area contributed by atoms with Crippen molar-refractivity contribution in [2.45, 2.75) is 26.8 Å².